The molecule has 2 aromatic rings. The van der Waals surface area contributed by atoms with Crippen LogP contribution in [-0.4, -0.2) is 23.6 Å². The lowest BCUT2D eigenvalue weighted by Crippen LogP contribution is -2.08. The van der Waals surface area contributed by atoms with E-state index in [2.05, 4.69) is 15.3 Å². The van der Waals surface area contributed by atoms with Crippen molar-refractivity contribution in [3.05, 3.63) is 47.3 Å². The number of halogens is 2. The molecule has 0 amide bonds. The second kappa shape index (κ2) is 6.27. The van der Waals surface area contributed by atoms with Crippen molar-refractivity contribution < 1.29 is 13.5 Å². The fraction of sp³-hybridized carbons (Fsp3) is 0.286. The van der Waals surface area contributed by atoms with Gasteiger partial charge in [0.25, 0.3) is 0 Å². The molecular weight excluding hydrogens is 264 g/mol. The third kappa shape index (κ3) is 3.88. The Kier molecular flexibility index (Phi) is 4.45. The van der Waals surface area contributed by atoms with E-state index in [9.17, 15) is 8.78 Å². The van der Waals surface area contributed by atoms with E-state index in [-0.39, 0.29) is 0 Å². The molecule has 1 heterocycles. The molecule has 4 nitrogen and oxygen atoms in total. The highest BCUT2D eigenvalue weighted by molar-refractivity contribution is 5.38. The first-order chi connectivity index (χ1) is 9.56. The van der Waals surface area contributed by atoms with Crippen molar-refractivity contribution in [2.45, 2.75) is 13.3 Å². The smallest absolute Gasteiger partial charge is 0.218 e. The van der Waals surface area contributed by atoms with Crippen LogP contribution in [0.4, 0.5) is 14.6 Å². The number of methoxy groups -OCH3 is 1. The number of rotatable bonds is 5. The fourth-order valence-electron chi connectivity index (χ4n) is 1.83. The fourth-order valence-corrected chi connectivity index (χ4v) is 1.83. The van der Waals surface area contributed by atoms with Gasteiger partial charge in [-0.2, -0.15) is 4.98 Å². The molecule has 0 saturated heterocycles. The molecule has 106 valence electrons. The number of anilines is 1. The van der Waals surface area contributed by atoms with E-state index < -0.39 is 11.6 Å². The van der Waals surface area contributed by atoms with Crippen LogP contribution in [0.5, 0.6) is 5.88 Å². The van der Waals surface area contributed by atoms with Crippen LogP contribution in [0, 0.1) is 18.6 Å². The summed E-state index contributed by atoms with van der Waals surface area (Å²) in [6.45, 7) is 2.26. The molecule has 2 rings (SSSR count). The Hall–Kier alpha value is -2.24. The third-order valence-corrected chi connectivity index (χ3v) is 2.67. The molecule has 0 atom stereocenters. The van der Waals surface area contributed by atoms with E-state index in [0.29, 0.717) is 36.1 Å². The van der Waals surface area contributed by atoms with Gasteiger partial charge in [-0.25, -0.2) is 13.8 Å². The Bertz CT molecular complexity index is 585. The maximum atomic E-state index is 13.0. The maximum Gasteiger partial charge on any atom is 0.218 e. The molecule has 20 heavy (non-hydrogen) atoms. The normalized spacial score (nSPS) is 10.4. The van der Waals surface area contributed by atoms with Crippen LogP contribution in [-0.2, 0) is 6.42 Å². The monoisotopic (exact) mass is 279 g/mol. The predicted octanol–water partition coefficient (Wildman–Crippen LogP) is 2.73. The summed E-state index contributed by atoms with van der Waals surface area (Å²) in [6, 6.07) is 5.15. The van der Waals surface area contributed by atoms with Gasteiger partial charge in [-0.1, -0.05) is 0 Å². The Labute approximate surface area is 115 Å². The van der Waals surface area contributed by atoms with Crippen LogP contribution in [0.15, 0.2) is 24.3 Å². The Morgan fingerprint density at radius 1 is 1.10 bits per heavy atom. The van der Waals surface area contributed by atoms with Gasteiger partial charge in [-0.15, -0.1) is 0 Å². The van der Waals surface area contributed by atoms with Crippen LogP contribution in [0.25, 0.3) is 0 Å². The topological polar surface area (TPSA) is 47.0 Å². The largest absolute Gasteiger partial charge is 0.481 e. The van der Waals surface area contributed by atoms with Crippen LogP contribution in [0.1, 0.15) is 11.4 Å². The predicted molar refractivity (Wildman–Crippen MR) is 71.9 cm³/mol. The van der Waals surface area contributed by atoms with Crippen LogP contribution < -0.4 is 10.1 Å². The summed E-state index contributed by atoms with van der Waals surface area (Å²) >= 11 is 0. The van der Waals surface area contributed by atoms with E-state index in [4.69, 9.17) is 4.74 Å². The molecule has 0 saturated carbocycles. The highest BCUT2D eigenvalue weighted by Crippen LogP contribution is 2.13. The van der Waals surface area contributed by atoms with Crippen molar-refractivity contribution in [1.29, 1.82) is 0 Å². The van der Waals surface area contributed by atoms with Gasteiger partial charge in [-0.05, 0) is 31.0 Å². The van der Waals surface area contributed by atoms with Crippen molar-refractivity contribution in [3.8, 4) is 5.88 Å². The Morgan fingerprint density at radius 2 is 1.80 bits per heavy atom. The Morgan fingerprint density at radius 3 is 2.45 bits per heavy atom. The average Bonchev–Trinajstić information content (AvgIpc) is 2.37. The molecule has 6 heteroatoms. The van der Waals surface area contributed by atoms with Crippen molar-refractivity contribution in [2.24, 2.45) is 0 Å². The second-order valence-corrected chi connectivity index (χ2v) is 4.30. The van der Waals surface area contributed by atoms with E-state index in [1.807, 2.05) is 0 Å². The maximum absolute atomic E-state index is 13.0. The van der Waals surface area contributed by atoms with Gasteiger partial charge in [-0.3, -0.25) is 0 Å². The first-order valence-corrected chi connectivity index (χ1v) is 6.15. The molecule has 0 fully saturated rings. The van der Waals surface area contributed by atoms with E-state index in [1.54, 1.807) is 13.0 Å². The number of hydrogen-bond acceptors (Lipinski definition) is 4. The minimum Gasteiger partial charge on any atom is -0.481 e. The van der Waals surface area contributed by atoms with E-state index in [0.717, 1.165) is 6.07 Å². The van der Waals surface area contributed by atoms with Gasteiger partial charge in [0.1, 0.15) is 23.3 Å². The van der Waals surface area contributed by atoms with Gasteiger partial charge in [0, 0.05) is 18.7 Å². The number of aromatic nitrogens is 2. The summed E-state index contributed by atoms with van der Waals surface area (Å²) in [7, 11) is 1.53. The zero-order chi connectivity index (χ0) is 14.5. The number of benzene rings is 1. The summed E-state index contributed by atoms with van der Waals surface area (Å²) in [5, 5.41) is 3.07. The number of nitrogens with zero attached hydrogens (tertiary/aromatic N) is 2. The van der Waals surface area contributed by atoms with Gasteiger partial charge in [0.05, 0.1) is 7.11 Å². The minimum atomic E-state index is -0.570. The van der Waals surface area contributed by atoms with Crippen molar-refractivity contribution >= 4 is 5.82 Å². The molecule has 1 N–H and O–H groups in total. The third-order valence-electron chi connectivity index (χ3n) is 2.67. The molecule has 0 bridgehead atoms. The number of hydrogen-bond donors (Lipinski definition) is 1. The summed E-state index contributed by atoms with van der Waals surface area (Å²) in [4.78, 5) is 8.27. The van der Waals surface area contributed by atoms with Gasteiger partial charge >= 0.3 is 0 Å². The number of ether oxygens (including phenoxy) is 1. The van der Waals surface area contributed by atoms with Crippen molar-refractivity contribution in [1.82, 2.24) is 9.97 Å². The molecule has 0 aliphatic heterocycles. The summed E-state index contributed by atoms with van der Waals surface area (Å²) < 4.78 is 31.1. The van der Waals surface area contributed by atoms with Gasteiger partial charge in [0.15, 0.2) is 0 Å². The quantitative estimate of drug-likeness (QED) is 0.914. The molecule has 1 aromatic carbocycles. The molecular formula is C14H15F2N3O. The molecule has 0 unspecified atom stereocenters. The van der Waals surface area contributed by atoms with Crippen molar-refractivity contribution in [3.63, 3.8) is 0 Å². The first kappa shape index (κ1) is 14.2. The lowest BCUT2D eigenvalue weighted by atomic mass is 10.1. The number of nitrogens with one attached hydrogen (secondary N) is 1. The lowest BCUT2D eigenvalue weighted by Gasteiger charge is -2.08. The number of aryl methyl sites for hydroxylation is 1. The standard InChI is InChI=1S/C14H15F2N3O/c1-9-18-13(8-14(19-9)20-2)17-4-3-10-5-11(15)7-12(16)6-10/h5-8H,3-4H2,1-2H3,(H,17,18,19). The molecule has 0 radical (unpaired) electrons. The SMILES string of the molecule is COc1cc(NCCc2cc(F)cc(F)c2)nc(C)n1. The summed E-state index contributed by atoms with van der Waals surface area (Å²) in [5.74, 6) is 0.533. The van der Waals surface area contributed by atoms with Crippen LogP contribution >= 0.6 is 0 Å². The second-order valence-electron chi connectivity index (χ2n) is 4.30. The van der Waals surface area contributed by atoms with Crippen molar-refractivity contribution in [2.75, 3.05) is 19.0 Å². The van der Waals surface area contributed by atoms with Gasteiger partial charge < -0.3 is 10.1 Å². The average molecular weight is 279 g/mol. The Balaban J connectivity index is 1.97. The molecule has 0 aliphatic carbocycles. The highest BCUT2D eigenvalue weighted by Gasteiger charge is 2.03. The van der Waals surface area contributed by atoms with E-state index >= 15 is 0 Å². The summed E-state index contributed by atoms with van der Waals surface area (Å²) in [5.41, 5.74) is 0.591. The molecule has 0 spiro atoms. The lowest BCUT2D eigenvalue weighted by molar-refractivity contribution is 0.396. The first-order valence-electron chi connectivity index (χ1n) is 6.15. The minimum absolute atomic E-state index is 0.469. The van der Waals surface area contributed by atoms with Crippen LogP contribution in [0.3, 0.4) is 0 Å². The zero-order valence-corrected chi connectivity index (χ0v) is 11.3. The highest BCUT2D eigenvalue weighted by atomic mass is 19.1. The molecule has 1 aromatic heterocycles. The van der Waals surface area contributed by atoms with Gasteiger partial charge in [0.2, 0.25) is 5.88 Å². The zero-order valence-electron chi connectivity index (χ0n) is 11.3. The molecule has 0 aliphatic rings. The van der Waals surface area contributed by atoms with Crippen LogP contribution in [0.2, 0.25) is 0 Å². The van der Waals surface area contributed by atoms with E-state index in [1.165, 1.54) is 19.2 Å². The summed E-state index contributed by atoms with van der Waals surface area (Å²) in [6.07, 6.45) is 0.486.